The van der Waals surface area contributed by atoms with E-state index in [0.717, 1.165) is 5.56 Å². The van der Waals surface area contributed by atoms with E-state index in [4.69, 9.17) is 37.4 Å². The van der Waals surface area contributed by atoms with E-state index in [1.54, 1.807) is 25.1 Å². The van der Waals surface area contributed by atoms with Gasteiger partial charge < -0.3 is 19.5 Å². The van der Waals surface area contributed by atoms with Gasteiger partial charge in [-0.3, -0.25) is 4.79 Å². The van der Waals surface area contributed by atoms with Crippen LogP contribution in [0.3, 0.4) is 0 Å². The van der Waals surface area contributed by atoms with Gasteiger partial charge in [0.1, 0.15) is 13.2 Å². The molecule has 2 aromatic rings. The van der Waals surface area contributed by atoms with Crippen molar-refractivity contribution < 1.29 is 23.8 Å². The van der Waals surface area contributed by atoms with Gasteiger partial charge in [-0.15, -0.1) is 0 Å². The van der Waals surface area contributed by atoms with Crippen molar-refractivity contribution in [1.29, 1.82) is 0 Å². The molecular weight excluding hydrogens is 393 g/mol. The number of hydrogen-bond donors (Lipinski definition) is 1. The van der Waals surface area contributed by atoms with Crippen molar-refractivity contribution in [3.8, 4) is 11.5 Å². The Morgan fingerprint density at radius 1 is 1.15 bits per heavy atom. The molecule has 1 amide bonds. The second-order valence-corrected chi connectivity index (χ2v) is 6.75. The number of benzene rings is 2. The summed E-state index contributed by atoms with van der Waals surface area (Å²) in [4.78, 5) is 24.7. The SMILES string of the molecule is Cc1c(Cl)cccc1NC(=O)[C@H](C)OC(=O)c1cc(Cl)c2c(c1)OCCO2. The van der Waals surface area contributed by atoms with Crippen LogP contribution in [0.25, 0.3) is 0 Å². The van der Waals surface area contributed by atoms with Gasteiger partial charge in [-0.1, -0.05) is 29.3 Å². The summed E-state index contributed by atoms with van der Waals surface area (Å²) in [6.45, 7) is 4.01. The molecular formula is C19H17Cl2NO5. The van der Waals surface area contributed by atoms with Crippen molar-refractivity contribution in [2.75, 3.05) is 18.5 Å². The van der Waals surface area contributed by atoms with Gasteiger partial charge in [-0.2, -0.15) is 0 Å². The second kappa shape index (κ2) is 8.06. The van der Waals surface area contributed by atoms with E-state index in [-0.39, 0.29) is 10.6 Å². The third kappa shape index (κ3) is 4.28. The van der Waals surface area contributed by atoms with E-state index < -0.39 is 18.0 Å². The van der Waals surface area contributed by atoms with Gasteiger partial charge in [0.05, 0.1) is 10.6 Å². The summed E-state index contributed by atoms with van der Waals surface area (Å²) < 4.78 is 16.1. The van der Waals surface area contributed by atoms with E-state index in [1.807, 2.05) is 0 Å². The molecule has 0 saturated heterocycles. The summed E-state index contributed by atoms with van der Waals surface area (Å²) in [5, 5.41) is 3.47. The highest BCUT2D eigenvalue weighted by Crippen LogP contribution is 2.38. The minimum atomic E-state index is -1.03. The lowest BCUT2D eigenvalue weighted by atomic mass is 10.2. The van der Waals surface area contributed by atoms with Crippen molar-refractivity contribution in [2.24, 2.45) is 0 Å². The Hall–Kier alpha value is -2.44. The quantitative estimate of drug-likeness (QED) is 0.763. The first-order valence-electron chi connectivity index (χ1n) is 8.23. The van der Waals surface area contributed by atoms with Crippen molar-refractivity contribution >= 4 is 40.8 Å². The van der Waals surface area contributed by atoms with Gasteiger partial charge in [-0.05, 0) is 43.7 Å². The maximum absolute atomic E-state index is 12.4. The fraction of sp³-hybridized carbons (Fsp3) is 0.263. The van der Waals surface area contributed by atoms with E-state index in [2.05, 4.69) is 5.32 Å². The summed E-state index contributed by atoms with van der Waals surface area (Å²) in [5.41, 5.74) is 1.45. The summed E-state index contributed by atoms with van der Waals surface area (Å²) >= 11 is 12.2. The first kappa shape index (κ1) is 19.3. The molecule has 0 bridgehead atoms. The van der Waals surface area contributed by atoms with Crippen LogP contribution in [0.4, 0.5) is 5.69 Å². The molecule has 27 heavy (non-hydrogen) atoms. The Bertz CT molecular complexity index is 900. The maximum Gasteiger partial charge on any atom is 0.339 e. The molecule has 6 nitrogen and oxygen atoms in total. The lowest BCUT2D eigenvalue weighted by Crippen LogP contribution is -2.30. The number of hydrogen-bond acceptors (Lipinski definition) is 5. The molecule has 1 aliphatic rings. The number of ether oxygens (including phenoxy) is 3. The summed E-state index contributed by atoms with van der Waals surface area (Å²) in [6, 6.07) is 8.06. The Morgan fingerprint density at radius 2 is 1.89 bits per heavy atom. The predicted molar refractivity (Wildman–Crippen MR) is 102 cm³/mol. The summed E-state index contributed by atoms with van der Waals surface area (Å²) in [6.07, 6.45) is -1.03. The number of halogens is 2. The fourth-order valence-corrected chi connectivity index (χ4v) is 2.93. The molecule has 0 aliphatic carbocycles. The fourth-order valence-electron chi connectivity index (χ4n) is 2.49. The average Bonchev–Trinajstić information content (AvgIpc) is 2.65. The largest absolute Gasteiger partial charge is 0.486 e. The molecule has 0 fully saturated rings. The zero-order chi connectivity index (χ0) is 19.6. The van der Waals surface area contributed by atoms with Crippen LogP contribution in [0.15, 0.2) is 30.3 Å². The second-order valence-electron chi connectivity index (χ2n) is 5.93. The van der Waals surface area contributed by atoms with Gasteiger partial charge in [0.15, 0.2) is 17.6 Å². The molecule has 2 aromatic carbocycles. The third-order valence-electron chi connectivity index (χ3n) is 4.01. The molecule has 0 saturated carbocycles. The molecule has 1 aliphatic heterocycles. The van der Waals surface area contributed by atoms with Gasteiger partial charge in [-0.25, -0.2) is 4.79 Å². The van der Waals surface area contributed by atoms with Crippen molar-refractivity contribution in [3.63, 3.8) is 0 Å². The maximum atomic E-state index is 12.4. The number of nitrogens with one attached hydrogen (secondary N) is 1. The minimum Gasteiger partial charge on any atom is -0.486 e. The molecule has 142 valence electrons. The molecule has 8 heteroatoms. The zero-order valence-corrected chi connectivity index (χ0v) is 16.2. The number of carbonyl (C=O) groups excluding carboxylic acids is 2. The van der Waals surface area contributed by atoms with E-state index in [1.165, 1.54) is 19.1 Å². The van der Waals surface area contributed by atoms with Crippen LogP contribution in [-0.4, -0.2) is 31.2 Å². The topological polar surface area (TPSA) is 73.9 Å². The van der Waals surface area contributed by atoms with Crippen LogP contribution in [0.2, 0.25) is 10.0 Å². The highest BCUT2D eigenvalue weighted by molar-refractivity contribution is 6.32. The molecule has 1 atom stereocenters. The molecule has 1 N–H and O–H groups in total. The molecule has 3 rings (SSSR count). The van der Waals surface area contributed by atoms with Gasteiger partial charge in [0, 0.05) is 10.7 Å². The number of rotatable bonds is 4. The molecule has 0 unspecified atom stereocenters. The smallest absolute Gasteiger partial charge is 0.339 e. The van der Waals surface area contributed by atoms with E-state index in [0.29, 0.717) is 35.4 Å². The van der Waals surface area contributed by atoms with Crippen molar-refractivity contribution in [3.05, 3.63) is 51.5 Å². The Morgan fingerprint density at radius 3 is 2.67 bits per heavy atom. The van der Waals surface area contributed by atoms with Crippen LogP contribution < -0.4 is 14.8 Å². The Labute approximate surface area is 166 Å². The van der Waals surface area contributed by atoms with Crippen LogP contribution in [0, 0.1) is 6.92 Å². The van der Waals surface area contributed by atoms with Crippen LogP contribution >= 0.6 is 23.2 Å². The molecule has 0 spiro atoms. The first-order chi connectivity index (χ1) is 12.9. The minimum absolute atomic E-state index is 0.169. The van der Waals surface area contributed by atoms with E-state index >= 15 is 0 Å². The van der Waals surface area contributed by atoms with Crippen LogP contribution in [-0.2, 0) is 9.53 Å². The summed E-state index contributed by atoms with van der Waals surface area (Å²) in [7, 11) is 0. The Kier molecular flexibility index (Phi) is 5.77. The first-order valence-corrected chi connectivity index (χ1v) is 8.98. The number of amides is 1. The Balaban J connectivity index is 1.69. The third-order valence-corrected chi connectivity index (χ3v) is 4.70. The molecule has 0 radical (unpaired) electrons. The standard InChI is InChI=1S/C19H17Cl2NO5/c1-10-13(20)4-3-5-15(10)22-18(23)11(2)27-19(24)12-8-14(21)17-16(9-12)25-6-7-26-17/h3-5,8-9,11H,6-7H2,1-2H3,(H,22,23)/t11-/m0/s1. The van der Waals surface area contributed by atoms with Crippen molar-refractivity contribution in [2.45, 2.75) is 20.0 Å². The van der Waals surface area contributed by atoms with Gasteiger partial charge in [0.2, 0.25) is 0 Å². The van der Waals surface area contributed by atoms with Crippen LogP contribution in [0.5, 0.6) is 11.5 Å². The lowest BCUT2D eigenvalue weighted by molar-refractivity contribution is -0.123. The van der Waals surface area contributed by atoms with Gasteiger partial charge >= 0.3 is 5.97 Å². The number of carbonyl (C=O) groups is 2. The van der Waals surface area contributed by atoms with Crippen molar-refractivity contribution in [1.82, 2.24) is 0 Å². The number of esters is 1. The monoisotopic (exact) mass is 409 g/mol. The number of anilines is 1. The molecule has 1 heterocycles. The number of fused-ring (bicyclic) bond motifs is 1. The average molecular weight is 410 g/mol. The van der Waals surface area contributed by atoms with E-state index in [9.17, 15) is 9.59 Å². The lowest BCUT2D eigenvalue weighted by Gasteiger charge is -2.20. The molecule has 0 aromatic heterocycles. The van der Waals surface area contributed by atoms with Crippen LogP contribution in [0.1, 0.15) is 22.8 Å². The highest BCUT2D eigenvalue weighted by Gasteiger charge is 2.23. The van der Waals surface area contributed by atoms with Gasteiger partial charge in [0.25, 0.3) is 5.91 Å². The highest BCUT2D eigenvalue weighted by atomic mass is 35.5. The summed E-state index contributed by atoms with van der Waals surface area (Å²) in [5.74, 6) is -0.411. The normalized spacial score (nSPS) is 13.6. The zero-order valence-electron chi connectivity index (χ0n) is 14.7. The predicted octanol–water partition coefficient (Wildman–Crippen LogP) is 4.26.